The second kappa shape index (κ2) is 8.62. The van der Waals surface area contributed by atoms with Crippen LogP contribution in [0.1, 0.15) is 48.9 Å². The lowest BCUT2D eigenvalue weighted by Crippen LogP contribution is -2.59. The Labute approximate surface area is 196 Å². The van der Waals surface area contributed by atoms with Crippen molar-refractivity contribution >= 4 is 29.4 Å². The fourth-order valence-corrected chi connectivity index (χ4v) is 5.57. The number of piperazine rings is 1. The van der Waals surface area contributed by atoms with E-state index in [0.717, 1.165) is 31.2 Å². The third-order valence-electron chi connectivity index (χ3n) is 7.33. The van der Waals surface area contributed by atoms with Crippen LogP contribution < -0.4 is 5.32 Å². The van der Waals surface area contributed by atoms with Crippen molar-refractivity contribution in [2.24, 2.45) is 5.41 Å². The first kappa shape index (κ1) is 22.2. The number of carboxylic acid groups (broad SMARTS) is 1. The number of benzene rings is 1. The van der Waals surface area contributed by atoms with Gasteiger partial charge >= 0.3 is 5.97 Å². The zero-order valence-corrected chi connectivity index (χ0v) is 18.8. The minimum absolute atomic E-state index is 0.0194. The molecule has 2 aromatic rings. The van der Waals surface area contributed by atoms with Crippen LogP contribution in [-0.4, -0.2) is 64.3 Å². The number of carbonyl (C=O) groups is 4. The summed E-state index contributed by atoms with van der Waals surface area (Å²) in [5.41, 5.74) is 1.04. The summed E-state index contributed by atoms with van der Waals surface area (Å²) < 4.78 is 5.44. The van der Waals surface area contributed by atoms with Crippen LogP contribution in [0.25, 0.3) is 11.3 Å². The molecule has 3 aliphatic rings. The van der Waals surface area contributed by atoms with E-state index < -0.39 is 17.4 Å². The molecule has 9 heteroatoms. The number of amides is 3. The average Bonchev–Trinajstić information content (AvgIpc) is 3.49. The Morgan fingerprint density at radius 1 is 1.12 bits per heavy atom. The van der Waals surface area contributed by atoms with E-state index in [1.54, 1.807) is 41.5 Å². The lowest BCUT2D eigenvalue weighted by atomic mass is 9.79. The Kier molecular flexibility index (Phi) is 5.63. The van der Waals surface area contributed by atoms with Crippen LogP contribution in [0.2, 0.25) is 0 Å². The highest BCUT2D eigenvalue weighted by atomic mass is 16.4. The normalized spacial score (nSPS) is 21.5. The molecule has 0 spiro atoms. The monoisotopic (exact) mass is 465 g/mol. The highest BCUT2D eigenvalue weighted by molar-refractivity contribution is 6.10. The van der Waals surface area contributed by atoms with Crippen LogP contribution in [0.4, 0.5) is 5.69 Å². The lowest BCUT2D eigenvalue weighted by Gasteiger charge is -2.40. The summed E-state index contributed by atoms with van der Waals surface area (Å²) >= 11 is 0. The molecule has 178 valence electrons. The third-order valence-corrected chi connectivity index (χ3v) is 7.33. The first-order valence-corrected chi connectivity index (χ1v) is 11.6. The topological polar surface area (TPSA) is 120 Å². The molecule has 1 aromatic carbocycles. The molecule has 1 aliphatic carbocycles. The zero-order chi connectivity index (χ0) is 23.9. The van der Waals surface area contributed by atoms with Gasteiger partial charge < -0.3 is 24.6 Å². The molecule has 0 radical (unpaired) electrons. The molecule has 1 unspecified atom stereocenters. The van der Waals surface area contributed by atoms with Crippen molar-refractivity contribution < 1.29 is 28.7 Å². The molecule has 1 aromatic heterocycles. The Morgan fingerprint density at radius 2 is 1.91 bits per heavy atom. The van der Waals surface area contributed by atoms with Crippen LogP contribution in [0.15, 0.2) is 41.0 Å². The Hall–Kier alpha value is -3.62. The van der Waals surface area contributed by atoms with Crippen LogP contribution in [0.3, 0.4) is 0 Å². The van der Waals surface area contributed by atoms with Crippen molar-refractivity contribution in [2.75, 3.05) is 25.0 Å². The second-order valence-corrected chi connectivity index (χ2v) is 9.54. The predicted molar refractivity (Wildman–Crippen MR) is 122 cm³/mol. The number of anilines is 1. The second-order valence-electron chi connectivity index (χ2n) is 9.54. The Balaban J connectivity index is 1.34. The summed E-state index contributed by atoms with van der Waals surface area (Å²) in [6.07, 6.45) is 4.99. The summed E-state index contributed by atoms with van der Waals surface area (Å²) in [5.74, 6) is -1.02. The summed E-state index contributed by atoms with van der Waals surface area (Å²) in [4.78, 5) is 54.2. The van der Waals surface area contributed by atoms with E-state index in [9.17, 15) is 24.3 Å². The highest BCUT2D eigenvalue weighted by Gasteiger charge is 2.43. The number of carbonyl (C=O) groups excluding carboxylic acids is 3. The molecule has 1 saturated carbocycles. The molecule has 1 saturated heterocycles. The fourth-order valence-electron chi connectivity index (χ4n) is 5.57. The van der Waals surface area contributed by atoms with Crippen LogP contribution in [0.5, 0.6) is 0 Å². The van der Waals surface area contributed by atoms with Crippen molar-refractivity contribution in [3.05, 3.63) is 42.2 Å². The molecular weight excluding hydrogens is 438 g/mol. The van der Waals surface area contributed by atoms with E-state index in [1.807, 2.05) is 0 Å². The summed E-state index contributed by atoms with van der Waals surface area (Å²) in [5, 5.41) is 12.2. The number of fused-ring (bicyclic) bond motifs is 2. The molecule has 3 heterocycles. The number of carboxylic acids is 1. The number of rotatable bonds is 5. The van der Waals surface area contributed by atoms with E-state index in [2.05, 4.69) is 5.32 Å². The van der Waals surface area contributed by atoms with Gasteiger partial charge in [0.05, 0.1) is 30.5 Å². The maximum absolute atomic E-state index is 13.4. The molecule has 9 nitrogen and oxygen atoms in total. The quantitative estimate of drug-likeness (QED) is 0.701. The number of furan rings is 1. The largest absolute Gasteiger partial charge is 0.481 e. The first-order chi connectivity index (χ1) is 16.3. The first-order valence-electron chi connectivity index (χ1n) is 11.6. The standard InChI is InChI=1S/C25H27N3O6/c29-21(13-25(14-22(30)31)7-1-2-8-25)27-9-10-28-19(15-27)23(32)26-18-6-5-16(12-17(18)24(28)33)20-4-3-11-34-20/h3-6,11-12,19H,1-2,7-10,13-15H2,(H,26,32)(H,30,31). The van der Waals surface area contributed by atoms with Crippen molar-refractivity contribution in [3.63, 3.8) is 0 Å². The van der Waals surface area contributed by atoms with Crippen LogP contribution in [-0.2, 0) is 14.4 Å². The molecule has 1 atom stereocenters. The van der Waals surface area contributed by atoms with Gasteiger partial charge in [-0.1, -0.05) is 12.8 Å². The molecule has 3 amide bonds. The summed E-state index contributed by atoms with van der Waals surface area (Å²) in [7, 11) is 0. The van der Waals surface area contributed by atoms with Crippen molar-refractivity contribution in [3.8, 4) is 11.3 Å². The van der Waals surface area contributed by atoms with Crippen LogP contribution >= 0.6 is 0 Å². The average molecular weight is 466 g/mol. The van der Waals surface area contributed by atoms with E-state index in [0.29, 0.717) is 23.6 Å². The number of hydrogen-bond acceptors (Lipinski definition) is 5. The van der Waals surface area contributed by atoms with Gasteiger partial charge in [-0.05, 0) is 48.6 Å². The summed E-state index contributed by atoms with van der Waals surface area (Å²) in [6, 6.07) is 7.96. The van der Waals surface area contributed by atoms with Gasteiger partial charge in [0.25, 0.3) is 5.91 Å². The van der Waals surface area contributed by atoms with Gasteiger partial charge in [-0.25, -0.2) is 0 Å². The molecule has 2 N–H and O–H groups in total. The minimum Gasteiger partial charge on any atom is -0.481 e. The molecule has 2 aliphatic heterocycles. The molecule has 5 rings (SSSR count). The zero-order valence-electron chi connectivity index (χ0n) is 18.8. The van der Waals surface area contributed by atoms with Gasteiger partial charge in [0, 0.05) is 25.1 Å². The number of nitrogens with zero attached hydrogens (tertiary/aromatic N) is 2. The predicted octanol–water partition coefficient (Wildman–Crippen LogP) is 2.98. The Morgan fingerprint density at radius 3 is 2.62 bits per heavy atom. The smallest absolute Gasteiger partial charge is 0.303 e. The molecule has 0 bridgehead atoms. The minimum atomic E-state index is -0.889. The van der Waals surface area contributed by atoms with Gasteiger partial charge in [-0.15, -0.1) is 0 Å². The summed E-state index contributed by atoms with van der Waals surface area (Å²) in [6.45, 7) is 0.641. The Bertz CT molecular complexity index is 1140. The van der Waals surface area contributed by atoms with Gasteiger partial charge in [0.2, 0.25) is 11.8 Å². The maximum atomic E-state index is 13.4. The van der Waals surface area contributed by atoms with E-state index in [4.69, 9.17) is 4.42 Å². The van der Waals surface area contributed by atoms with Crippen LogP contribution in [0, 0.1) is 5.41 Å². The van der Waals surface area contributed by atoms with Gasteiger partial charge in [0.15, 0.2) is 0 Å². The fraction of sp³-hybridized carbons (Fsp3) is 0.440. The van der Waals surface area contributed by atoms with E-state index in [1.165, 1.54) is 4.90 Å². The number of hydrogen-bond donors (Lipinski definition) is 2. The maximum Gasteiger partial charge on any atom is 0.303 e. The third kappa shape index (κ3) is 4.06. The lowest BCUT2D eigenvalue weighted by molar-refractivity contribution is -0.142. The molecule has 2 fully saturated rings. The van der Waals surface area contributed by atoms with E-state index in [-0.39, 0.29) is 43.7 Å². The number of aliphatic carboxylic acids is 1. The molecule has 34 heavy (non-hydrogen) atoms. The molecular formula is C25H27N3O6. The van der Waals surface area contributed by atoms with Gasteiger partial charge in [-0.2, -0.15) is 0 Å². The van der Waals surface area contributed by atoms with Gasteiger partial charge in [0.1, 0.15) is 11.8 Å². The van der Waals surface area contributed by atoms with Crippen molar-refractivity contribution in [1.29, 1.82) is 0 Å². The van der Waals surface area contributed by atoms with Crippen molar-refractivity contribution in [2.45, 2.75) is 44.6 Å². The number of nitrogens with one attached hydrogen (secondary N) is 1. The van der Waals surface area contributed by atoms with Gasteiger partial charge in [-0.3, -0.25) is 19.2 Å². The van der Waals surface area contributed by atoms with E-state index >= 15 is 0 Å². The highest BCUT2D eigenvalue weighted by Crippen LogP contribution is 2.44. The SMILES string of the molecule is O=C(O)CC1(CC(=O)N2CCN3C(=O)c4cc(-c5ccco5)ccc4NC(=O)C3C2)CCCC1. The van der Waals surface area contributed by atoms with Crippen molar-refractivity contribution in [1.82, 2.24) is 9.80 Å².